The van der Waals surface area contributed by atoms with E-state index in [9.17, 15) is 9.59 Å². The predicted octanol–water partition coefficient (Wildman–Crippen LogP) is 1.51. The zero-order valence-electron chi connectivity index (χ0n) is 19.7. The number of benzene rings is 1. The summed E-state index contributed by atoms with van der Waals surface area (Å²) in [6.45, 7) is 11.4. The molecule has 9 heteroatoms. The summed E-state index contributed by atoms with van der Waals surface area (Å²) in [5, 5.41) is 22.5. The second kappa shape index (κ2) is 14.3. The molecule has 1 aromatic rings. The molecule has 1 aromatic carbocycles. The van der Waals surface area contributed by atoms with Crippen molar-refractivity contribution in [1.82, 2.24) is 14.9 Å². The molecule has 0 bridgehead atoms. The molecule has 0 radical (unpaired) electrons. The van der Waals surface area contributed by atoms with Crippen LogP contribution in [0, 0.1) is 0 Å². The van der Waals surface area contributed by atoms with Crippen LogP contribution in [0.3, 0.4) is 0 Å². The molecule has 3 rings (SSSR count). The van der Waals surface area contributed by atoms with Crippen molar-refractivity contribution >= 4 is 17.8 Å². The fraction of sp³-hybridized carbons (Fsp3) is 0.542. The van der Waals surface area contributed by atoms with Crippen LogP contribution in [0.5, 0.6) is 0 Å². The van der Waals surface area contributed by atoms with Gasteiger partial charge in [-0.05, 0) is 31.5 Å². The lowest BCUT2D eigenvalue weighted by Crippen LogP contribution is -2.56. The number of carboxylic acid groups (broad SMARTS) is 2. The van der Waals surface area contributed by atoms with E-state index in [4.69, 9.17) is 19.9 Å². The summed E-state index contributed by atoms with van der Waals surface area (Å²) in [4.78, 5) is 26.4. The molecular formula is C24H36N4O5. The quantitative estimate of drug-likeness (QED) is 0.400. The molecule has 2 heterocycles. The van der Waals surface area contributed by atoms with E-state index in [2.05, 4.69) is 53.0 Å². The molecule has 0 atom stereocenters. The number of hydrogen-bond donors (Lipinski definition) is 2. The summed E-state index contributed by atoms with van der Waals surface area (Å²) < 4.78 is 6.28. The van der Waals surface area contributed by atoms with Crippen molar-refractivity contribution in [3.8, 4) is 0 Å². The van der Waals surface area contributed by atoms with Gasteiger partial charge in [0.2, 0.25) is 5.88 Å². The topological polar surface area (TPSA) is 106 Å². The molecule has 2 aliphatic heterocycles. The van der Waals surface area contributed by atoms with Crippen molar-refractivity contribution in [1.29, 1.82) is 0 Å². The summed E-state index contributed by atoms with van der Waals surface area (Å²) in [7, 11) is 0. The van der Waals surface area contributed by atoms with E-state index >= 15 is 0 Å². The number of nitrogens with zero attached hydrogens (tertiary/aromatic N) is 4. The van der Waals surface area contributed by atoms with E-state index in [1.54, 1.807) is 0 Å². The van der Waals surface area contributed by atoms with E-state index in [-0.39, 0.29) is 0 Å². The molecule has 0 spiro atoms. The number of carboxylic acids is 2. The first-order valence-corrected chi connectivity index (χ1v) is 11.6. The molecule has 182 valence electrons. The van der Waals surface area contributed by atoms with E-state index < -0.39 is 11.9 Å². The first kappa shape index (κ1) is 26.3. The van der Waals surface area contributed by atoms with Gasteiger partial charge >= 0.3 is 11.9 Å². The first-order valence-electron chi connectivity index (χ1n) is 11.6. The van der Waals surface area contributed by atoms with Gasteiger partial charge in [0.25, 0.3) is 0 Å². The van der Waals surface area contributed by atoms with Crippen molar-refractivity contribution in [3.05, 3.63) is 47.0 Å². The van der Waals surface area contributed by atoms with E-state index in [0.29, 0.717) is 18.8 Å². The lowest BCUT2D eigenvalue weighted by Gasteiger charge is -2.42. The van der Waals surface area contributed by atoms with Gasteiger partial charge in [-0.2, -0.15) is 0 Å². The van der Waals surface area contributed by atoms with E-state index in [1.807, 2.05) is 0 Å². The lowest BCUT2D eigenvalue weighted by atomic mass is 10.2. The number of carbonyl (C=O) groups is 2. The molecule has 1 fully saturated rings. The van der Waals surface area contributed by atoms with Crippen molar-refractivity contribution < 1.29 is 24.5 Å². The summed E-state index contributed by atoms with van der Waals surface area (Å²) in [6, 6.07) is 8.34. The Kier molecular flexibility index (Phi) is 11.4. The summed E-state index contributed by atoms with van der Waals surface area (Å²) in [6.07, 6.45) is 5.88. The van der Waals surface area contributed by atoms with Crippen LogP contribution in [0.1, 0.15) is 39.5 Å². The highest BCUT2D eigenvalue weighted by molar-refractivity contribution is 5.89. The highest BCUT2D eigenvalue weighted by Crippen LogP contribution is 2.16. The van der Waals surface area contributed by atoms with Crippen LogP contribution in [0.2, 0.25) is 0 Å². The maximum absolute atomic E-state index is 9.55. The van der Waals surface area contributed by atoms with Gasteiger partial charge in [-0.25, -0.2) is 14.6 Å². The highest BCUT2D eigenvalue weighted by atomic mass is 16.5. The minimum absolute atomic E-state index is 0.558. The summed E-state index contributed by atoms with van der Waals surface area (Å²) in [5.41, 5.74) is 0. The fourth-order valence-corrected chi connectivity index (χ4v) is 3.69. The molecule has 0 aromatic heterocycles. The third-order valence-corrected chi connectivity index (χ3v) is 5.33. The largest absolute Gasteiger partial charge is 0.478 e. The third kappa shape index (κ3) is 8.86. The second-order valence-electron chi connectivity index (χ2n) is 7.88. The highest BCUT2D eigenvalue weighted by Gasteiger charge is 2.26. The van der Waals surface area contributed by atoms with Gasteiger partial charge in [-0.3, -0.25) is 10.0 Å². The van der Waals surface area contributed by atoms with Crippen LogP contribution in [0.25, 0.3) is 5.88 Å². The van der Waals surface area contributed by atoms with Gasteiger partial charge in [0.1, 0.15) is 6.67 Å². The Bertz CT molecular complexity index is 894. The van der Waals surface area contributed by atoms with Crippen LogP contribution < -0.4 is 10.6 Å². The van der Waals surface area contributed by atoms with Gasteiger partial charge in [0, 0.05) is 38.3 Å². The standard InChI is InChI=1S/C20H32N4O.C4H4O4/c1-3-5-8-16-25-20-18-9-6-7-10-19(18)21-17-24(20)23-14-12-22(11-4-2)13-15-23;5-3(6)1-2-4(7)8/h6-7,9-10H,3-5,8,11-17H2,1-2H3;1-2H,(H,5,6)(H,7,8)/b;2-1+. The van der Waals surface area contributed by atoms with Crippen LogP contribution in [0.15, 0.2) is 41.4 Å². The SMILES string of the molecule is CCCCCOC1=c2ccccc2=NCN1N1CCN(CCC)CC1.O=C(O)/C=C/C(=O)O. The molecule has 33 heavy (non-hydrogen) atoms. The van der Waals surface area contributed by atoms with Crippen molar-refractivity contribution in [2.24, 2.45) is 4.99 Å². The summed E-state index contributed by atoms with van der Waals surface area (Å²) >= 11 is 0. The Balaban J connectivity index is 0.000000414. The zero-order valence-corrected chi connectivity index (χ0v) is 19.7. The van der Waals surface area contributed by atoms with Crippen molar-refractivity contribution in [3.63, 3.8) is 0 Å². The number of hydrogen-bond acceptors (Lipinski definition) is 7. The molecule has 2 N–H and O–H groups in total. The molecule has 0 unspecified atom stereocenters. The van der Waals surface area contributed by atoms with Crippen LogP contribution in [0.4, 0.5) is 0 Å². The molecule has 0 aliphatic carbocycles. The van der Waals surface area contributed by atoms with Crippen LogP contribution in [-0.4, -0.2) is 83.1 Å². The van der Waals surface area contributed by atoms with Crippen LogP contribution >= 0.6 is 0 Å². The maximum Gasteiger partial charge on any atom is 0.328 e. The molecule has 0 saturated carbocycles. The smallest absolute Gasteiger partial charge is 0.328 e. The molecular weight excluding hydrogens is 424 g/mol. The van der Waals surface area contributed by atoms with E-state index in [1.165, 1.54) is 25.8 Å². The number of para-hydroxylation sites is 1. The number of ether oxygens (including phenoxy) is 1. The molecule has 0 amide bonds. The normalized spacial score (nSPS) is 16.5. The van der Waals surface area contributed by atoms with Crippen LogP contribution in [-0.2, 0) is 14.3 Å². The molecule has 9 nitrogen and oxygen atoms in total. The number of rotatable bonds is 10. The predicted molar refractivity (Wildman–Crippen MR) is 126 cm³/mol. The first-order chi connectivity index (χ1) is 16.0. The average Bonchev–Trinajstić information content (AvgIpc) is 2.81. The Morgan fingerprint density at radius 2 is 1.67 bits per heavy atom. The number of aliphatic carboxylic acids is 2. The van der Waals surface area contributed by atoms with E-state index in [0.717, 1.165) is 55.7 Å². The molecule has 2 aliphatic rings. The minimum Gasteiger partial charge on any atom is -0.478 e. The van der Waals surface area contributed by atoms with Gasteiger partial charge in [0.05, 0.1) is 17.2 Å². The number of hydrazine groups is 1. The monoisotopic (exact) mass is 460 g/mol. The maximum atomic E-state index is 9.55. The van der Waals surface area contributed by atoms with Crippen molar-refractivity contribution in [2.45, 2.75) is 39.5 Å². The van der Waals surface area contributed by atoms with Crippen molar-refractivity contribution in [2.75, 3.05) is 46.0 Å². The third-order valence-electron chi connectivity index (χ3n) is 5.33. The van der Waals surface area contributed by atoms with Gasteiger partial charge in [0.15, 0.2) is 0 Å². The Hall–Kier alpha value is -2.91. The average molecular weight is 461 g/mol. The van der Waals surface area contributed by atoms with Gasteiger partial charge in [-0.1, -0.05) is 38.8 Å². The zero-order chi connectivity index (χ0) is 24.1. The van der Waals surface area contributed by atoms with Gasteiger partial charge in [-0.15, -0.1) is 0 Å². The fourth-order valence-electron chi connectivity index (χ4n) is 3.69. The summed E-state index contributed by atoms with van der Waals surface area (Å²) in [5.74, 6) is -1.52. The Morgan fingerprint density at radius 1 is 1.00 bits per heavy atom. The lowest BCUT2D eigenvalue weighted by molar-refractivity contribution is -0.134. The number of fused-ring (bicyclic) bond motifs is 1. The number of piperazine rings is 1. The minimum atomic E-state index is -1.26. The Morgan fingerprint density at radius 3 is 2.27 bits per heavy atom. The van der Waals surface area contributed by atoms with Gasteiger partial charge < -0.3 is 19.8 Å². The molecule has 1 saturated heterocycles. The second-order valence-corrected chi connectivity index (χ2v) is 7.88. The number of unbranched alkanes of at least 4 members (excludes halogenated alkanes) is 2. The Labute approximate surface area is 195 Å².